The molecule has 2 nitrogen and oxygen atoms in total. The van der Waals surface area contributed by atoms with E-state index in [4.69, 9.17) is 0 Å². The molecule has 0 radical (unpaired) electrons. The highest BCUT2D eigenvalue weighted by molar-refractivity contribution is 5.61. The van der Waals surface area contributed by atoms with Crippen LogP contribution < -0.4 is 10.6 Å². The molecule has 1 aromatic rings. The van der Waals surface area contributed by atoms with Crippen molar-refractivity contribution in [1.29, 1.82) is 0 Å². The molecular formula is C13H16N2. The second-order valence-electron chi connectivity index (χ2n) is 3.66. The van der Waals surface area contributed by atoms with Gasteiger partial charge in [0, 0.05) is 18.8 Å². The van der Waals surface area contributed by atoms with Gasteiger partial charge in [-0.3, -0.25) is 0 Å². The molecule has 0 atom stereocenters. The average molecular weight is 200 g/mol. The Morgan fingerprint density at radius 2 is 2.40 bits per heavy atom. The quantitative estimate of drug-likeness (QED) is 0.574. The van der Waals surface area contributed by atoms with Gasteiger partial charge in [-0.05, 0) is 24.5 Å². The van der Waals surface area contributed by atoms with Gasteiger partial charge in [-0.25, -0.2) is 0 Å². The lowest BCUT2D eigenvalue weighted by atomic mass is 10.1. The summed E-state index contributed by atoms with van der Waals surface area (Å²) >= 11 is 0. The van der Waals surface area contributed by atoms with E-state index in [1.54, 1.807) is 0 Å². The first-order chi connectivity index (χ1) is 7.42. The van der Waals surface area contributed by atoms with Crippen LogP contribution in [0.3, 0.4) is 0 Å². The second-order valence-corrected chi connectivity index (χ2v) is 3.66. The Hall–Kier alpha value is -1.46. The molecule has 0 unspecified atom stereocenters. The Kier molecular flexibility index (Phi) is 3.26. The predicted molar refractivity (Wildman–Crippen MR) is 63.8 cm³/mol. The van der Waals surface area contributed by atoms with Crippen molar-refractivity contribution in [3.05, 3.63) is 29.3 Å². The van der Waals surface area contributed by atoms with Crippen LogP contribution in [0.4, 0.5) is 5.69 Å². The summed E-state index contributed by atoms with van der Waals surface area (Å²) in [6, 6.07) is 6.50. The number of fused-ring (bicyclic) bond motifs is 1. The molecule has 2 rings (SSSR count). The molecule has 15 heavy (non-hydrogen) atoms. The molecule has 0 bridgehead atoms. The maximum absolute atomic E-state index is 3.43. The summed E-state index contributed by atoms with van der Waals surface area (Å²) < 4.78 is 0. The van der Waals surface area contributed by atoms with Crippen LogP contribution in [0.25, 0.3) is 0 Å². The highest BCUT2D eigenvalue weighted by Gasteiger charge is 2.12. The van der Waals surface area contributed by atoms with Crippen LogP contribution in [0, 0.1) is 11.8 Å². The first-order valence-electron chi connectivity index (χ1n) is 5.37. The Labute approximate surface area is 91.1 Å². The molecule has 2 N–H and O–H groups in total. The lowest BCUT2D eigenvalue weighted by Crippen LogP contribution is -2.14. The van der Waals surface area contributed by atoms with E-state index in [0.29, 0.717) is 0 Å². The maximum atomic E-state index is 3.43. The largest absolute Gasteiger partial charge is 0.384 e. The maximum Gasteiger partial charge on any atom is 0.0579 e. The molecule has 2 heteroatoms. The highest BCUT2D eigenvalue weighted by Crippen LogP contribution is 2.25. The van der Waals surface area contributed by atoms with Crippen LogP contribution in [0.5, 0.6) is 0 Å². The number of benzene rings is 1. The third-order valence-corrected chi connectivity index (χ3v) is 2.64. The second kappa shape index (κ2) is 4.86. The van der Waals surface area contributed by atoms with Gasteiger partial charge in [0.1, 0.15) is 0 Å². The number of rotatable bonds is 3. The summed E-state index contributed by atoms with van der Waals surface area (Å²) in [5, 5.41) is 6.75. The van der Waals surface area contributed by atoms with Crippen LogP contribution in [0.1, 0.15) is 18.1 Å². The van der Waals surface area contributed by atoms with Crippen molar-refractivity contribution >= 4 is 5.69 Å². The predicted octanol–water partition coefficient (Wildman–Crippen LogP) is 1.77. The summed E-state index contributed by atoms with van der Waals surface area (Å²) in [5.74, 6) is 5.88. The average Bonchev–Trinajstić information content (AvgIpc) is 2.73. The van der Waals surface area contributed by atoms with E-state index >= 15 is 0 Å². The molecule has 0 fully saturated rings. The van der Waals surface area contributed by atoms with Gasteiger partial charge in [-0.2, -0.15) is 0 Å². The van der Waals surface area contributed by atoms with Gasteiger partial charge in [-0.15, -0.1) is 5.92 Å². The smallest absolute Gasteiger partial charge is 0.0579 e. The van der Waals surface area contributed by atoms with Crippen molar-refractivity contribution in [2.75, 3.05) is 18.4 Å². The summed E-state index contributed by atoms with van der Waals surface area (Å²) in [6.07, 6.45) is 1.15. The van der Waals surface area contributed by atoms with Crippen molar-refractivity contribution in [2.45, 2.75) is 19.9 Å². The summed E-state index contributed by atoms with van der Waals surface area (Å²) in [7, 11) is 0. The molecule has 0 spiro atoms. The Morgan fingerprint density at radius 3 is 3.27 bits per heavy atom. The summed E-state index contributed by atoms with van der Waals surface area (Å²) in [6.45, 7) is 4.59. The number of hydrogen-bond acceptors (Lipinski definition) is 2. The van der Waals surface area contributed by atoms with E-state index in [2.05, 4.69) is 40.7 Å². The molecule has 0 aliphatic carbocycles. The minimum Gasteiger partial charge on any atom is -0.384 e. The number of para-hydroxylation sites is 1. The van der Waals surface area contributed by atoms with Gasteiger partial charge >= 0.3 is 0 Å². The molecule has 0 amide bonds. The zero-order valence-electron chi connectivity index (χ0n) is 9.06. The third-order valence-electron chi connectivity index (χ3n) is 2.64. The van der Waals surface area contributed by atoms with Gasteiger partial charge in [0.15, 0.2) is 0 Å². The monoisotopic (exact) mass is 200 g/mol. The minimum atomic E-state index is 0.764. The van der Waals surface area contributed by atoms with Crippen molar-refractivity contribution in [1.82, 2.24) is 5.32 Å². The van der Waals surface area contributed by atoms with E-state index < -0.39 is 0 Å². The zero-order chi connectivity index (χ0) is 10.5. The molecule has 1 heterocycles. The molecule has 1 aromatic carbocycles. The van der Waals surface area contributed by atoms with Gasteiger partial charge in [0.25, 0.3) is 0 Å². The fourth-order valence-corrected chi connectivity index (χ4v) is 1.91. The van der Waals surface area contributed by atoms with E-state index in [0.717, 1.165) is 26.1 Å². The van der Waals surface area contributed by atoms with Gasteiger partial charge in [0.2, 0.25) is 0 Å². The van der Waals surface area contributed by atoms with Crippen LogP contribution in [-0.2, 0) is 13.0 Å². The lowest BCUT2D eigenvalue weighted by molar-refractivity contribution is 0.771. The minimum absolute atomic E-state index is 0.764. The van der Waals surface area contributed by atoms with Gasteiger partial charge in [-0.1, -0.05) is 24.1 Å². The van der Waals surface area contributed by atoms with Crippen molar-refractivity contribution in [3.8, 4) is 11.8 Å². The van der Waals surface area contributed by atoms with E-state index in [9.17, 15) is 0 Å². The van der Waals surface area contributed by atoms with Crippen molar-refractivity contribution in [3.63, 3.8) is 0 Å². The third kappa shape index (κ3) is 2.31. The Balaban J connectivity index is 2.01. The molecule has 1 aliphatic heterocycles. The van der Waals surface area contributed by atoms with Crippen LogP contribution >= 0.6 is 0 Å². The molecule has 78 valence electrons. The Morgan fingerprint density at radius 1 is 1.47 bits per heavy atom. The van der Waals surface area contributed by atoms with Crippen LogP contribution in [0.15, 0.2) is 18.2 Å². The summed E-state index contributed by atoms with van der Waals surface area (Å²) in [4.78, 5) is 0. The van der Waals surface area contributed by atoms with E-state index in [1.165, 1.54) is 16.8 Å². The molecular weight excluding hydrogens is 184 g/mol. The fraction of sp³-hybridized carbons (Fsp3) is 0.385. The van der Waals surface area contributed by atoms with E-state index in [1.807, 2.05) is 6.92 Å². The van der Waals surface area contributed by atoms with Gasteiger partial charge in [0.05, 0.1) is 6.54 Å². The Bertz CT molecular complexity index is 399. The molecule has 0 aromatic heterocycles. The van der Waals surface area contributed by atoms with E-state index in [-0.39, 0.29) is 0 Å². The topological polar surface area (TPSA) is 24.1 Å². The fourth-order valence-electron chi connectivity index (χ4n) is 1.91. The first-order valence-corrected chi connectivity index (χ1v) is 5.37. The normalized spacial score (nSPS) is 12.6. The van der Waals surface area contributed by atoms with Crippen LogP contribution in [0.2, 0.25) is 0 Å². The molecule has 0 saturated heterocycles. The lowest BCUT2D eigenvalue weighted by Gasteiger charge is -2.08. The molecule has 1 aliphatic rings. The molecule has 0 saturated carbocycles. The number of hydrogen-bond donors (Lipinski definition) is 2. The van der Waals surface area contributed by atoms with Crippen molar-refractivity contribution in [2.24, 2.45) is 0 Å². The highest BCUT2D eigenvalue weighted by atomic mass is 14.9. The SMILES string of the molecule is CC#CCNCc1cccc2c1NCC2. The van der Waals surface area contributed by atoms with Gasteiger partial charge < -0.3 is 10.6 Å². The number of anilines is 1. The zero-order valence-corrected chi connectivity index (χ0v) is 9.06. The summed E-state index contributed by atoms with van der Waals surface area (Å²) in [5.41, 5.74) is 4.12. The first kappa shape index (κ1) is 10.1. The van der Waals surface area contributed by atoms with Crippen molar-refractivity contribution < 1.29 is 0 Å². The number of nitrogens with one attached hydrogen (secondary N) is 2. The van der Waals surface area contributed by atoms with Crippen LogP contribution in [-0.4, -0.2) is 13.1 Å². The standard InChI is InChI=1S/C13H16N2/c1-2-3-8-14-10-12-6-4-5-11-7-9-15-13(11)12/h4-6,14-15H,7-10H2,1H3.